The van der Waals surface area contributed by atoms with Gasteiger partial charge in [0.2, 0.25) is 0 Å². The van der Waals surface area contributed by atoms with E-state index in [-0.39, 0.29) is 48.4 Å². The van der Waals surface area contributed by atoms with E-state index in [0.717, 1.165) is 4.90 Å². The summed E-state index contributed by atoms with van der Waals surface area (Å²) >= 11 is 0. The molecule has 5 N–H and O–H groups in total. The first-order valence-electron chi connectivity index (χ1n) is 11.9. The summed E-state index contributed by atoms with van der Waals surface area (Å²) in [7, 11) is 1.21. The maximum atomic E-state index is 14.3. The fourth-order valence-electron chi connectivity index (χ4n) is 4.07. The number of aromatic nitrogens is 5. The first-order valence-corrected chi connectivity index (χ1v) is 11.9. The zero-order valence-corrected chi connectivity index (χ0v) is 21.6. The summed E-state index contributed by atoms with van der Waals surface area (Å²) in [5.41, 5.74) is 14.5. The summed E-state index contributed by atoms with van der Waals surface area (Å²) < 4.78 is 34.2. The fraction of sp³-hybridized carbons (Fsp3) is 0.111. The van der Waals surface area contributed by atoms with Gasteiger partial charge in [-0.25, -0.2) is 33.0 Å². The summed E-state index contributed by atoms with van der Waals surface area (Å²) in [6, 6.07) is 15.5. The quantitative estimate of drug-likeness (QED) is 0.259. The van der Waals surface area contributed by atoms with Gasteiger partial charge < -0.3 is 21.3 Å². The number of nitrogen functional groups attached to an aromatic ring is 2. The minimum absolute atomic E-state index is 0.0197. The van der Waals surface area contributed by atoms with Crippen LogP contribution in [0.2, 0.25) is 0 Å². The summed E-state index contributed by atoms with van der Waals surface area (Å²) in [5, 5.41) is 11.2. The molecule has 41 heavy (non-hydrogen) atoms. The molecule has 210 valence electrons. The standard InChI is InChI=1S/C26H22F2N8O2.CH2O2/c1-38-26(37)35(14-15-8-10-17(27)11-9-15)22-23(29)33-25(34-24(22)30)21-19-7-4-12-31-36(19)20(32-21)13-16-5-2-3-6-18(16)28;2-1-3/h2-12H,13-14H2,1H3,(H4,29,30,33,34);1H,(H,2,3). The number of hydrogen-bond donors (Lipinski definition) is 3. The largest absolute Gasteiger partial charge is 0.483 e. The van der Waals surface area contributed by atoms with Gasteiger partial charge in [0.05, 0.1) is 19.2 Å². The molecule has 3 heterocycles. The van der Waals surface area contributed by atoms with Gasteiger partial charge >= 0.3 is 6.09 Å². The minimum Gasteiger partial charge on any atom is -0.483 e. The van der Waals surface area contributed by atoms with Gasteiger partial charge in [0.1, 0.15) is 28.8 Å². The van der Waals surface area contributed by atoms with Crippen LogP contribution in [0.5, 0.6) is 0 Å². The molecule has 0 radical (unpaired) electrons. The van der Waals surface area contributed by atoms with E-state index < -0.39 is 11.9 Å². The number of ether oxygens (including phenoxy) is 1. The van der Waals surface area contributed by atoms with Crippen LogP contribution < -0.4 is 16.4 Å². The highest BCUT2D eigenvalue weighted by Crippen LogP contribution is 2.33. The van der Waals surface area contributed by atoms with Crippen LogP contribution in [0.1, 0.15) is 17.0 Å². The van der Waals surface area contributed by atoms with Crippen molar-refractivity contribution in [1.82, 2.24) is 24.6 Å². The third-order valence-electron chi connectivity index (χ3n) is 5.85. The van der Waals surface area contributed by atoms with Gasteiger partial charge in [-0.3, -0.25) is 9.69 Å². The average molecular weight is 563 g/mol. The predicted octanol–water partition coefficient (Wildman–Crippen LogP) is 3.69. The SMILES string of the molecule is COC(=O)N(Cc1ccc(F)cc1)c1c(N)nc(-c2nc(Cc3ccccc3F)n3ncccc23)nc1N.O=CO. The Kier molecular flexibility index (Phi) is 8.62. The molecule has 0 fully saturated rings. The Morgan fingerprint density at radius 1 is 1.02 bits per heavy atom. The molecule has 14 heteroatoms. The van der Waals surface area contributed by atoms with Crippen LogP contribution in [0.4, 0.5) is 30.9 Å². The Morgan fingerprint density at radius 2 is 1.68 bits per heavy atom. The third kappa shape index (κ3) is 6.16. The molecule has 0 atom stereocenters. The second-order valence-electron chi connectivity index (χ2n) is 8.42. The number of halogens is 2. The monoisotopic (exact) mass is 562 g/mol. The molecule has 0 bridgehead atoms. The van der Waals surface area contributed by atoms with Crippen LogP contribution in [0.3, 0.4) is 0 Å². The number of amides is 1. The van der Waals surface area contributed by atoms with Crippen molar-refractivity contribution in [3.8, 4) is 11.5 Å². The van der Waals surface area contributed by atoms with Gasteiger partial charge in [-0.15, -0.1) is 0 Å². The molecule has 1 amide bonds. The molecule has 12 nitrogen and oxygen atoms in total. The highest BCUT2D eigenvalue weighted by atomic mass is 19.1. The molecule has 2 aromatic carbocycles. The van der Waals surface area contributed by atoms with Crippen molar-refractivity contribution >= 4 is 35.4 Å². The number of hydrogen-bond acceptors (Lipinski definition) is 9. The number of fused-ring (bicyclic) bond motifs is 1. The molecule has 0 saturated carbocycles. The van der Waals surface area contributed by atoms with E-state index in [1.54, 1.807) is 41.0 Å². The highest BCUT2D eigenvalue weighted by Gasteiger charge is 2.26. The zero-order valence-electron chi connectivity index (χ0n) is 21.6. The lowest BCUT2D eigenvalue weighted by Crippen LogP contribution is -2.32. The van der Waals surface area contributed by atoms with Crippen LogP contribution in [0, 0.1) is 11.6 Å². The molecule has 0 unspecified atom stereocenters. The van der Waals surface area contributed by atoms with Gasteiger partial charge in [0, 0.05) is 12.6 Å². The van der Waals surface area contributed by atoms with Crippen LogP contribution in [0.25, 0.3) is 17.0 Å². The molecule has 0 saturated heterocycles. The number of nitrogens with two attached hydrogens (primary N) is 2. The number of carboxylic acid groups (broad SMARTS) is 1. The maximum absolute atomic E-state index is 14.3. The fourth-order valence-corrected chi connectivity index (χ4v) is 4.07. The summed E-state index contributed by atoms with van der Waals surface area (Å²) in [6.45, 7) is -0.270. The van der Waals surface area contributed by atoms with Crippen molar-refractivity contribution in [3.63, 3.8) is 0 Å². The number of nitrogens with zero attached hydrogens (tertiary/aromatic N) is 6. The first kappa shape index (κ1) is 28.4. The Hall–Kier alpha value is -5.66. The number of carbonyl (C=O) groups is 2. The van der Waals surface area contributed by atoms with Gasteiger partial charge in [-0.05, 0) is 41.5 Å². The van der Waals surface area contributed by atoms with Crippen molar-refractivity contribution in [2.24, 2.45) is 0 Å². The van der Waals surface area contributed by atoms with Crippen molar-refractivity contribution in [2.45, 2.75) is 13.0 Å². The molecule has 3 aromatic heterocycles. The Balaban J connectivity index is 0.00000124. The van der Waals surface area contributed by atoms with Gasteiger partial charge in [-0.1, -0.05) is 30.3 Å². The normalized spacial score (nSPS) is 10.5. The van der Waals surface area contributed by atoms with E-state index >= 15 is 0 Å². The molecule has 0 spiro atoms. The number of carbonyl (C=O) groups excluding carboxylic acids is 1. The number of imidazole rings is 1. The second kappa shape index (κ2) is 12.5. The lowest BCUT2D eigenvalue weighted by molar-refractivity contribution is -0.122. The molecule has 0 aliphatic heterocycles. The minimum atomic E-state index is -0.757. The second-order valence-corrected chi connectivity index (χ2v) is 8.42. The zero-order chi connectivity index (χ0) is 29.5. The van der Waals surface area contributed by atoms with Crippen molar-refractivity contribution in [3.05, 3.63) is 95.4 Å². The smallest absolute Gasteiger partial charge is 0.414 e. The molecule has 0 aliphatic rings. The van der Waals surface area contributed by atoms with Crippen molar-refractivity contribution in [1.29, 1.82) is 0 Å². The molecule has 0 aliphatic carbocycles. The highest BCUT2D eigenvalue weighted by molar-refractivity contribution is 5.95. The van der Waals surface area contributed by atoms with Crippen LogP contribution >= 0.6 is 0 Å². The van der Waals surface area contributed by atoms with Crippen molar-refractivity contribution < 1.29 is 28.2 Å². The van der Waals surface area contributed by atoms with E-state index in [0.29, 0.717) is 28.2 Å². The van der Waals surface area contributed by atoms with E-state index in [4.69, 9.17) is 26.1 Å². The van der Waals surface area contributed by atoms with Crippen LogP contribution in [-0.2, 0) is 22.5 Å². The molecular weight excluding hydrogens is 538 g/mol. The summed E-state index contributed by atoms with van der Waals surface area (Å²) in [4.78, 5) is 35.6. The number of anilines is 3. The lowest BCUT2D eigenvalue weighted by atomic mass is 10.1. The van der Waals surface area contributed by atoms with E-state index in [9.17, 15) is 13.6 Å². The van der Waals surface area contributed by atoms with Gasteiger partial charge in [0.15, 0.2) is 17.5 Å². The van der Waals surface area contributed by atoms with Gasteiger partial charge in [0.25, 0.3) is 6.47 Å². The summed E-state index contributed by atoms with van der Waals surface area (Å²) in [6.07, 6.45) is 0.995. The van der Waals surface area contributed by atoms with E-state index in [1.165, 1.54) is 37.4 Å². The van der Waals surface area contributed by atoms with Crippen LogP contribution in [-0.4, -0.2) is 49.3 Å². The molecule has 5 aromatic rings. The maximum Gasteiger partial charge on any atom is 0.414 e. The molecule has 5 rings (SSSR count). The number of methoxy groups -OCH3 is 1. The van der Waals surface area contributed by atoms with Crippen molar-refractivity contribution in [2.75, 3.05) is 23.5 Å². The number of benzene rings is 2. The Labute approximate surface area is 231 Å². The lowest BCUT2D eigenvalue weighted by Gasteiger charge is -2.23. The average Bonchev–Trinajstić information content (AvgIpc) is 3.33. The number of rotatable bonds is 6. The molecular formula is C27H24F2N8O4. The topological polar surface area (TPSA) is 175 Å². The third-order valence-corrected chi connectivity index (χ3v) is 5.85. The van der Waals surface area contributed by atoms with Crippen LogP contribution in [0.15, 0.2) is 66.9 Å². The first-order chi connectivity index (χ1) is 19.8. The van der Waals surface area contributed by atoms with E-state index in [1.807, 2.05) is 0 Å². The van der Waals surface area contributed by atoms with Gasteiger partial charge in [-0.2, -0.15) is 5.10 Å². The summed E-state index contributed by atoms with van der Waals surface area (Å²) in [5.74, 6) is -0.416. The van der Waals surface area contributed by atoms with E-state index in [2.05, 4.69) is 20.1 Å². The predicted molar refractivity (Wildman–Crippen MR) is 146 cm³/mol. The Morgan fingerprint density at radius 3 is 2.32 bits per heavy atom. The Bertz CT molecular complexity index is 1670.